The van der Waals surface area contributed by atoms with Crippen molar-refractivity contribution in [1.29, 1.82) is 0 Å². The third kappa shape index (κ3) is 3.33. The standard InChI is InChI=1S/C23H18N2O/c26-23-20(16-17-10-4-1-5-11-17)24-21(18-12-6-2-7-13-18)22(25-23)19-14-8-3-9-15-19/h1-15H,16H2,(H,25,26). The molecule has 0 saturated carbocycles. The van der Waals surface area contributed by atoms with Crippen molar-refractivity contribution in [3.05, 3.63) is 113 Å². The van der Waals surface area contributed by atoms with Crippen molar-refractivity contribution in [1.82, 2.24) is 9.97 Å². The van der Waals surface area contributed by atoms with Crippen LogP contribution in [-0.4, -0.2) is 9.97 Å². The molecule has 0 spiro atoms. The molecule has 0 fully saturated rings. The first kappa shape index (κ1) is 16.0. The molecule has 26 heavy (non-hydrogen) atoms. The summed E-state index contributed by atoms with van der Waals surface area (Å²) in [5, 5.41) is 0. The van der Waals surface area contributed by atoms with Crippen molar-refractivity contribution >= 4 is 0 Å². The van der Waals surface area contributed by atoms with E-state index in [2.05, 4.69) is 4.98 Å². The number of rotatable bonds is 4. The highest BCUT2D eigenvalue weighted by Crippen LogP contribution is 2.28. The monoisotopic (exact) mass is 338 g/mol. The van der Waals surface area contributed by atoms with Crippen LogP contribution in [0.4, 0.5) is 0 Å². The lowest BCUT2D eigenvalue weighted by atomic mass is 10.0. The lowest BCUT2D eigenvalue weighted by Crippen LogP contribution is -2.17. The number of benzene rings is 3. The van der Waals surface area contributed by atoms with Gasteiger partial charge in [-0.05, 0) is 5.56 Å². The number of aromatic nitrogens is 2. The van der Waals surface area contributed by atoms with Gasteiger partial charge in [0.05, 0.1) is 11.4 Å². The topological polar surface area (TPSA) is 45.8 Å². The number of hydrogen-bond acceptors (Lipinski definition) is 2. The Morgan fingerprint density at radius 1 is 0.692 bits per heavy atom. The second-order valence-electron chi connectivity index (χ2n) is 6.13. The quantitative estimate of drug-likeness (QED) is 0.586. The summed E-state index contributed by atoms with van der Waals surface area (Å²) in [5.41, 5.74) is 4.92. The summed E-state index contributed by atoms with van der Waals surface area (Å²) in [6.45, 7) is 0. The predicted molar refractivity (Wildman–Crippen MR) is 105 cm³/mol. The summed E-state index contributed by atoms with van der Waals surface area (Å²) >= 11 is 0. The molecular weight excluding hydrogens is 320 g/mol. The largest absolute Gasteiger partial charge is 0.318 e. The van der Waals surface area contributed by atoms with Gasteiger partial charge >= 0.3 is 0 Å². The minimum Gasteiger partial charge on any atom is -0.318 e. The molecule has 4 aromatic rings. The zero-order valence-electron chi connectivity index (χ0n) is 14.2. The van der Waals surface area contributed by atoms with Crippen LogP contribution in [0.5, 0.6) is 0 Å². The van der Waals surface area contributed by atoms with Gasteiger partial charge < -0.3 is 4.98 Å². The van der Waals surface area contributed by atoms with Crippen LogP contribution in [0.2, 0.25) is 0 Å². The highest BCUT2D eigenvalue weighted by Gasteiger charge is 2.14. The van der Waals surface area contributed by atoms with E-state index >= 15 is 0 Å². The minimum atomic E-state index is -0.146. The van der Waals surface area contributed by atoms with Crippen LogP contribution in [-0.2, 0) is 6.42 Å². The number of H-pyrrole nitrogens is 1. The summed E-state index contributed by atoms with van der Waals surface area (Å²) in [7, 11) is 0. The highest BCUT2D eigenvalue weighted by atomic mass is 16.1. The average molecular weight is 338 g/mol. The van der Waals surface area contributed by atoms with Crippen LogP contribution in [0.3, 0.4) is 0 Å². The Bertz CT molecular complexity index is 1060. The first-order chi connectivity index (χ1) is 12.8. The molecule has 0 aliphatic rings. The second-order valence-corrected chi connectivity index (χ2v) is 6.13. The zero-order valence-corrected chi connectivity index (χ0v) is 14.2. The Morgan fingerprint density at radius 2 is 1.23 bits per heavy atom. The zero-order chi connectivity index (χ0) is 17.8. The third-order valence-electron chi connectivity index (χ3n) is 4.31. The van der Waals surface area contributed by atoms with Crippen molar-refractivity contribution < 1.29 is 0 Å². The highest BCUT2D eigenvalue weighted by molar-refractivity contribution is 5.77. The average Bonchev–Trinajstić information content (AvgIpc) is 2.71. The van der Waals surface area contributed by atoms with Crippen LogP contribution in [0.25, 0.3) is 22.5 Å². The molecule has 1 heterocycles. The van der Waals surface area contributed by atoms with Gasteiger partial charge in [0.1, 0.15) is 5.69 Å². The fourth-order valence-corrected chi connectivity index (χ4v) is 3.01. The lowest BCUT2D eigenvalue weighted by Gasteiger charge is -2.11. The molecule has 0 unspecified atom stereocenters. The Hall–Kier alpha value is -3.46. The number of aromatic amines is 1. The SMILES string of the molecule is O=c1[nH]c(-c2ccccc2)c(-c2ccccc2)nc1Cc1ccccc1. The summed E-state index contributed by atoms with van der Waals surface area (Å²) in [6.07, 6.45) is 0.505. The molecular formula is C23H18N2O. The van der Waals surface area contributed by atoms with E-state index in [-0.39, 0.29) is 5.56 Å². The van der Waals surface area contributed by atoms with E-state index in [1.807, 2.05) is 91.0 Å². The Balaban J connectivity index is 1.88. The van der Waals surface area contributed by atoms with Crippen LogP contribution in [0.15, 0.2) is 95.8 Å². The molecule has 3 aromatic carbocycles. The van der Waals surface area contributed by atoms with Gasteiger partial charge in [-0.15, -0.1) is 0 Å². The molecule has 0 atom stereocenters. The predicted octanol–water partition coefficient (Wildman–Crippen LogP) is 4.69. The molecule has 0 aliphatic heterocycles. The van der Waals surface area contributed by atoms with Crippen molar-refractivity contribution in [2.24, 2.45) is 0 Å². The van der Waals surface area contributed by atoms with E-state index in [9.17, 15) is 4.79 Å². The van der Waals surface area contributed by atoms with Gasteiger partial charge in [0.25, 0.3) is 5.56 Å². The lowest BCUT2D eigenvalue weighted by molar-refractivity contribution is 0.999. The Labute approximate surface area is 152 Å². The molecule has 0 radical (unpaired) electrons. The molecule has 4 rings (SSSR count). The molecule has 0 amide bonds. The van der Waals surface area contributed by atoms with Crippen molar-refractivity contribution in [2.75, 3.05) is 0 Å². The van der Waals surface area contributed by atoms with Gasteiger partial charge in [0, 0.05) is 17.5 Å². The van der Waals surface area contributed by atoms with Gasteiger partial charge in [0.15, 0.2) is 0 Å². The summed E-state index contributed by atoms with van der Waals surface area (Å²) in [5.74, 6) is 0. The van der Waals surface area contributed by atoms with Crippen molar-refractivity contribution in [3.63, 3.8) is 0 Å². The van der Waals surface area contributed by atoms with Gasteiger partial charge in [0.2, 0.25) is 0 Å². The molecule has 126 valence electrons. The summed E-state index contributed by atoms with van der Waals surface area (Å²) in [4.78, 5) is 20.5. The normalized spacial score (nSPS) is 10.6. The van der Waals surface area contributed by atoms with Gasteiger partial charge in [-0.2, -0.15) is 0 Å². The molecule has 0 bridgehead atoms. The van der Waals surface area contributed by atoms with Gasteiger partial charge in [-0.25, -0.2) is 4.98 Å². The molecule has 1 aromatic heterocycles. The fourth-order valence-electron chi connectivity index (χ4n) is 3.01. The second kappa shape index (κ2) is 7.19. The fraction of sp³-hybridized carbons (Fsp3) is 0.0435. The summed E-state index contributed by atoms with van der Waals surface area (Å²) < 4.78 is 0. The van der Waals surface area contributed by atoms with Gasteiger partial charge in [-0.3, -0.25) is 4.79 Å². The van der Waals surface area contributed by atoms with Crippen LogP contribution >= 0.6 is 0 Å². The van der Waals surface area contributed by atoms with E-state index in [4.69, 9.17) is 4.98 Å². The van der Waals surface area contributed by atoms with E-state index in [0.29, 0.717) is 12.1 Å². The maximum Gasteiger partial charge on any atom is 0.270 e. The third-order valence-corrected chi connectivity index (χ3v) is 4.31. The molecule has 0 aliphatic carbocycles. The van der Waals surface area contributed by atoms with Gasteiger partial charge in [-0.1, -0.05) is 91.0 Å². The molecule has 3 nitrogen and oxygen atoms in total. The smallest absolute Gasteiger partial charge is 0.270 e. The number of nitrogens with zero attached hydrogens (tertiary/aromatic N) is 1. The summed E-state index contributed by atoms with van der Waals surface area (Å²) in [6, 6.07) is 29.7. The maximum absolute atomic E-state index is 12.7. The van der Waals surface area contributed by atoms with Crippen LogP contribution in [0.1, 0.15) is 11.3 Å². The maximum atomic E-state index is 12.7. The van der Waals surface area contributed by atoms with Crippen molar-refractivity contribution in [2.45, 2.75) is 6.42 Å². The first-order valence-electron chi connectivity index (χ1n) is 8.59. The van der Waals surface area contributed by atoms with E-state index < -0.39 is 0 Å². The van der Waals surface area contributed by atoms with E-state index in [0.717, 1.165) is 28.1 Å². The first-order valence-corrected chi connectivity index (χ1v) is 8.59. The van der Waals surface area contributed by atoms with E-state index in [1.165, 1.54) is 0 Å². The molecule has 0 saturated heterocycles. The Kier molecular flexibility index (Phi) is 4.44. The van der Waals surface area contributed by atoms with Crippen LogP contribution < -0.4 is 5.56 Å². The number of nitrogens with one attached hydrogen (secondary N) is 1. The Morgan fingerprint density at radius 3 is 1.85 bits per heavy atom. The number of hydrogen-bond donors (Lipinski definition) is 1. The van der Waals surface area contributed by atoms with E-state index in [1.54, 1.807) is 0 Å². The molecule has 3 heteroatoms. The van der Waals surface area contributed by atoms with Crippen LogP contribution in [0, 0.1) is 0 Å². The minimum absolute atomic E-state index is 0.146. The van der Waals surface area contributed by atoms with Crippen molar-refractivity contribution in [3.8, 4) is 22.5 Å². The molecule has 1 N–H and O–H groups in total.